The second-order valence-electron chi connectivity index (χ2n) is 4.44. The molecular formula is C13H17NO2. The van der Waals surface area contributed by atoms with E-state index in [9.17, 15) is 0 Å². The third-order valence-electron chi connectivity index (χ3n) is 2.74. The molecule has 3 heteroatoms. The summed E-state index contributed by atoms with van der Waals surface area (Å²) in [4.78, 5) is 4.12. The van der Waals surface area contributed by atoms with E-state index in [1.54, 1.807) is 6.20 Å². The lowest BCUT2D eigenvalue weighted by Crippen LogP contribution is -2.40. The van der Waals surface area contributed by atoms with Gasteiger partial charge >= 0.3 is 0 Å². The first kappa shape index (κ1) is 11.3. The van der Waals surface area contributed by atoms with E-state index in [0.29, 0.717) is 6.61 Å². The van der Waals surface area contributed by atoms with Crippen molar-refractivity contribution in [2.24, 2.45) is 5.92 Å². The van der Waals surface area contributed by atoms with Gasteiger partial charge in [-0.15, -0.1) is 6.58 Å². The highest BCUT2D eigenvalue weighted by molar-refractivity contribution is 5.15. The Morgan fingerprint density at radius 2 is 2.38 bits per heavy atom. The maximum absolute atomic E-state index is 5.93. The third-order valence-corrected chi connectivity index (χ3v) is 2.74. The zero-order chi connectivity index (χ0) is 11.6. The van der Waals surface area contributed by atoms with Gasteiger partial charge in [-0.3, -0.25) is 4.98 Å². The largest absolute Gasteiger partial charge is 0.350 e. The predicted octanol–water partition coefficient (Wildman–Crippen LogP) is 2.71. The van der Waals surface area contributed by atoms with Gasteiger partial charge in [-0.1, -0.05) is 12.1 Å². The SMILES string of the molecule is C=C[C@@H]1COC(C)(C)O[C@@H]1c1cccnc1. The Balaban J connectivity index is 2.25. The van der Waals surface area contributed by atoms with Crippen molar-refractivity contribution >= 4 is 0 Å². The molecule has 0 N–H and O–H groups in total. The van der Waals surface area contributed by atoms with E-state index in [2.05, 4.69) is 11.6 Å². The van der Waals surface area contributed by atoms with Gasteiger partial charge in [0.15, 0.2) is 5.79 Å². The Morgan fingerprint density at radius 1 is 1.56 bits per heavy atom. The summed E-state index contributed by atoms with van der Waals surface area (Å²) in [6.07, 6.45) is 5.46. The summed E-state index contributed by atoms with van der Waals surface area (Å²) < 4.78 is 11.5. The minimum Gasteiger partial charge on any atom is -0.350 e. The number of pyridine rings is 1. The lowest BCUT2D eigenvalue weighted by Gasteiger charge is -2.40. The standard InChI is InChI=1S/C13H17NO2/c1-4-10-9-15-13(2,3)16-12(10)11-6-5-7-14-8-11/h4-8,10,12H,1,9H2,2-3H3/t10-,12+/m1/s1. The molecule has 1 saturated heterocycles. The highest BCUT2D eigenvalue weighted by Crippen LogP contribution is 2.36. The summed E-state index contributed by atoms with van der Waals surface area (Å²) in [6, 6.07) is 3.94. The third kappa shape index (κ3) is 2.31. The number of hydrogen-bond donors (Lipinski definition) is 0. The zero-order valence-corrected chi connectivity index (χ0v) is 9.72. The van der Waals surface area contributed by atoms with Crippen LogP contribution in [0, 0.1) is 5.92 Å². The van der Waals surface area contributed by atoms with Crippen molar-refractivity contribution in [1.82, 2.24) is 4.98 Å². The number of ether oxygens (including phenoxy) is 2. The molecule has 1 aliphatic rings. The summed E-state index contributed by atoms with van der Waals surface area (Å²) >= 11 is 0. The Bertz CT molecular complexity index is 361. The molecule has 1 fully saturated rings. The van der Waals surface area contributed by atoms with Gasteiger partial charge in [-0.2, -0.15) is 0 Å². The van der Waals surface area contributed by atoms with Gasteiger partial charge in [0, 0.05) is 18.3 Å². The van der Waals surface area contributed by atoms with Gasteiger partial charge in [0.1, 0.15) is 0 Å². The minimum atomic E-state index is -0.542. The monoisotopic (exact) mass is 219 g/mol. The van der Waals surface area contributed by atoms with Crippen molar-refractivity contribution in [1.29, 1.82) is 0 Å². The second kappa shape index (κ2) is 4.36. The molecule has 0 radical (unpaired) electrons. The quantitative estimate of drug-likeness (QED) is 0.717. The molecule has 16 heavy (non-hydrogen) atoms. The number of rotatable bonds is 2. The first-order valence-corrected chi connectivity index (χ1v) is 5.46. The minimum absolute atomic E-state index is 0.0186. The van der Waals surface area contributed by atoms with Crippen molar-refractivity contribution in [2.45, 2.75) is 25.7 Å². The molecule has 0 amide bonds. The molecule has 1 aromatic rings. The highest BCUT2D eigenvalue weighted by atomic mass is 16.7. The van der Waals surface area contributed by atoms with Crippen LogP contribution < -0.4 is 0 Å². The average Bonchev–Trinajstić information content (AvgIpc) is 2.29. The second-order valence-corrected chi connectivity index (χ2v) is 4.44. The van der Waals surface area contributed by atoms with E-state index in [-0.39, 0.29) is 12.0 Å². The maximum Gasteiger partial charge on any atom is 0.163 e. The fraction of sp³-hybridized carbons (Fsp3) is 0.462. The molecule has 1 aliphatic heterocycles. The van der Waals surface area contributed by atoms with Crippen molar-refractivity contribution in [2.75, 3.05) is 6.61 Å². The molecule has 0 aliphatic carbocycles. The maximum atomic E-state index is 5.93. The van der Waals surface area contributed by atoms with Gasteiger partial charge in [-0.25, -0.2) is 0 Å². The van der Waals surface area contributed by atoms with Crippen molar-refractivity contribution in [3.8, 4) is 0 Å². The van der Waals surface area contributed by atoms with Crippen LogP contribution in [-0.2, 0) is 9.47 Å². The molecule has 2 heterocycles. The normalized spacial score (nSPS) is 28.6. The molecule has 1 aromatic heterocycles. The van der Waals surface area contributed by atoms with Crippen LogP contribution in [0.25, 0.3) is 0 Å². The Hall–Kier alpha value is -1.19. The van der Waals surface area contributed by atoms with Crippen molar-refractivity contribution in [3.63, 3.8) is 0 Å². The Morgan fingerprint density at radius 3 is 3.00 bits per heavy atom. The van der Waals surface area contributed by atoms with Crippen LogP contribution >= 0.6 is 0 Å². The summed E-state index contributed by atoms with van der Waals surface area (Å²) in [5.41, 5.74) is 1.07. The van der Waals surface area contributed by atoms with Crippen LogP contribution in [-0.4, -0.2) is 17.4 Å². The predicted molar refractivity (Wildman–Crippen MR) is 61.8 cm³/mol. The molecule has 0 saturated carbocycles. The molecule has 86 valence electrons. The number of hydrogen-bond acceptors (Lipinski definition) is 3. The van der Waals surface area contributed by atoms with Gasteiger partial charge in [0.05, 0.1) is 12.7 Å². The summed E-state index contributed by atoms with van der Waals surface area (Å²) in [6.45, 7) is 8.31. The van der Waals surface area contributed by atoms with Crippen molar-refractivity contribution < 1.29 is 9.47 Å². The smallest absolute Gasteiger partial charge is 0.163 e. The summed E-state index contributed by atoms with van der Waals surface area (Å²) in [7, 11) is 0. The molecule has 2 atom stereocenters. The first-order chi connectivity index (χ1) is 7.62. The van der Waals surface area contributed by atoms with E-state index in [1.165, 1.54) is 0 Å². The van der Waals surface area contributed by atoms with Gasteiger partial charge < -0.3 is 9.47 Å². The van der Waals surface area contributed by atoms with E-state index in [0.717, 1.165) is 5.56 Å². The van der Waals surface area contributed by atoms with Crippen LogP contribution in [0.3, 0.4) is 0 Å². The number of nitrogens with zero attached hydrogens (tertiary/aromatic N) is 1. The van der Waals surface area contributed by atoms with Gasteiger partial charge in [0.2, 0.25) is 0 Å². The Kier molecular flexibility index (Phi) is 3.08. The highest BCUT2D eigenvalue weighted by Gasteiger charge is 2.35. The van der Waals surface area contributed by atoms with E-state index >= 15 is 0 Å². The molecule has 2 rings (SSSR count). The van der Waals surface area contributed by atoms with Crippen LogP contribution in [0.5, 0.6) is 0 Å². The molecule has 0 aromatic carbocycles. The lowest BCUT2D eigenvalue weighted by atomic mass is 9.96. The molecule has 0 unspecified atom stereocenters. The topological polar surface area (TPSA) is 31.4 Å². The van der Waals surface area contributed by atoms with E-state index < -0.39 is 5.79 Å². The fourth-order valence-electron chi connectivity index (χ4n) is 1.86. The molecule has 0 spiro atoms. The number of aromatic nitrogens is 1. The van der Waals surface area contributed by atoms with Crippen LogP contribution in [0.1, 0.15) is 25.5 Å². The van der Waals surface area contributed by atoms with Crippen LogP contribution in [0.2, 0.25) is 0 Å². The Labute approximate surface area is 96.1 Å². The molecule has 3 nitrogen and oxygen atoms in total. The van der Waals surface area contributed by atoms with Crippen LogP contribution in [0.15, 0.2) is 37.2 Å². The summed E-state index contributed by atoms with van der Waals surface area (Å²) in [5, 5.41) is 0. The fourth-order valence-corrected chi connectivity index (χ4v) is 1.86. The van der Waals surface area contributed by atoms with Crippen LogP contribution in [0.4, 0.5) is 0 Å². The zero-order valence-electron chi connectivity index (χ0n) is 9.72. The first-order valence-electron chi connectivity index (χ1n) is 5.46. The summed E-state index contributed by atoms with van der Waals surface area (Å²) in [5.74, 6) is -0.364. The molecular weight excluding hydrogens is 202 g/mol. The molecule has 0 bridgehead atoms. The van der Waals surface area contributed by atoms with Gasteiger partial charge in [0.25, 0.3) is 0 Å². The van der Waals surface area contributed by atoms with E-state index in [1.807, 2.05) is 38.3 Å². The van der Waals surface area contributed by atoms with Crippen molar-refractivity contribution in [3.05, 3.63) is 42.7 Å². The van der Waals surface area contributed by atoms with E-state index in [4.69, 9.17) is 9.47 Å². The lowest BCUT2D eigenvalue weighted by molar-refractivity contribution is -0.289. The van der Waals surface area contributed by atoms with Gasteiger partial charge in [-0.05, 0) is 25.5 Å². The average molecular weight is 219 g/mol.